The molecule has 0 spiro atoms. The molecular formula is C18H25NO6. The molecule has 0 radical (unpaired) electrons. The second kappa shape index (κ2) is 9.39. The summed E-state index contributed by atoms with van der Waals surface area (Å²) in [7, 11) is 0. The van der Waals surface area contributed by atoms with Gasteiger partial charge in [0.1, 0.15) is 17.9 Å². The molecule has 0 aliphatic carbocycles. The number of aromatic hydroxyl groups is 1. The number of hydrogen-bond acceptors (Lipinski definition) is 7. The van der Waals surface area contributed by atoms with Gasteiger partial charge in [0, 0.05) is 19.3 Å². The summed E-state index contributed by atoms with van der Waals surface area (Å²) in [5.41, 5.74) is 6.70. The Morgan fingerprint density at radius 3 is 2.72 bits per heavy atom. The van der Waals surface area contributed by atoms with Gasteiger partial charge in [0.05, 0.1) is 6.61 Å². The first-order chi connectivity index (χ1) is 12.0. The normalized spacial score (nSPS) is 21.4. The van der Waals surface area contributed by atoms with E-state index in [1.165, 1.54) is 12.1 Å². The van der Waals surface area contributed by atoms with Crippen LogP contribution in [0.3, 0.4) is 0 Å². The van der Waals surface area contributed by atoms with Crippen molar-refractivity contribution in [3.8, 4) is 5.75 Å². The number of rotatable bonds is 7. The molecule has 1 aromatic carbocycles. The molecule has 0 saturated carbocycles. The van der Waals surface area contributed by atoms with Gasteiger partial charge in [0.2, 0.25) is 6.29 Å². The second-order valence-electron chi connectivity index (χ2n) is 6.10. The fraction of sp³-hybridized carbons (Fsp3) is 0.556. The number of phenols is 1. The first-order valence-electron chi connectivity index (χ1n) is 8.53. The molecule has 3 N–H and O–H groups in total. The van der Waals surface area contributed by atoms with Gasteiger partial charge >= 0.3 is 11.9 Å². The predicted octanol–water partition coefficient (Wildman–Crippen LogP) is 1.65. The molecule has 25 heavy (non-hydrogen) atoms. The highest BCUT2D eigenvalue weighted by Crippen LogP contribution is 2.19. The molecule has 1 fully saturated rings. The lowest BCUT2D eigenvalue weighted by atomic mass is 10.1. The van der Waals surface area contributed by atoms with Crippen LogP contribution in [0.15, 0.2) is 24.3 Å². The van der Waals surface area contributed by atoms with E-state index < -0.39 is 18.3 Å². The number of phenolic OH excluding ortho intramolecular Hbond substituents is 1. The lowest BCUT2D eigenvalue weighted by Crippen LogP contribution is -2.41. The van der Waals surface area contributed by atoms with Gasteiger partial charge in [-0.25, -0.2) is 0 Å². The van der Waals surface area contributed by atoms with Gasteiger partial charge in [-0.05, 0) is 30.5 Å². The third-order valence-corrected chi connectivity index (χ3v) is 3.89. The molecule has 1 saturated heterocycles. The summed E-state index contributed by atoms with van der Waals surface area (Å²) >= 11 is 0. The van der Waals surface area contributed by atoms with Crippen molar-refractivity contribution in [3.63, 3.8) is 0 Å². The highest BCUT2D eigenvalue weighted by atomic mass is 16.7. The average Bonchev–Trinajstić information content (AvgIpc) is 2.57. The summed E-state index contributed by atoms with van der Waals surface area (Å²) in [6, 6.07) is 5.63. The summed E-state index contributed by atoms with van der Waals surface area (Å²) < 4.78 is 16.1. The van der Waals surface area contributed by atoms with E-state index in [1.54, 1.807) is 12.1 Å². The van der Waals surface area contributed by atoms with Gasteiger partial charge in [-0.3, -0.25) is 9.59 Å². The molecule has 0 bridgehead atoms. The Morgan fingerprint density at radius 1 is 1.32 bits per heavy atom. The average molecular weight is 351 g/mol. The maximum Gasteiger partial charge on any atom is 0.325 e. The molecular weight excluding hydrogens is 326 g/mol. The summed E-state index contributed by atoms with van der Waals surface area (Å²) in [4.78, 5) is 23.7. The number of benzene rings is 1. The quantitative estimate of drug-likeness (QED) is 0.719. The Bertz CT molecular complexity index is 573. The molecule has 7 nitrogen and oxygen atoms in total. The topological polar surface area (TPSA) is 108 Å². The number of carbonyl (C=O) groups excluding carboxylic acids is 2. The predicted molar refractivity (Wildman–Crippen MR) is 89.6 cm³/mol. The Balaban J connectivity index is 1.80. The molecule has 1 aliphatic heterocycles. The number of carbonyl (C=O) groups is 2. The molecule has 7 heteroatoms. The minimum Gasteiger partial charge on any atom is -0.508 e. The zero-order valence-corrected chi connectivity index (χ0v) is 14.3. The first-order valence-corrected chi connectivity index (χ1v) is 8.53. The maximum absolute atomic E-state index is 12.1. The lowest BCUT2D eigenvalue weighted by molar-refractivity contribution is -0.203. The monoisotopic (exact) mass is 351 g/mol. The fourth-order valence-electron chi connectivity index (χ4n) is 2.56. The van der Waals surface area contributed by atoms with Crippen LogP contribution in [0.5, 0.6) is 5.75 Å². The maximum atomic E-state index is 12.1. The van der Waals surface area contributed by atoms with Crippen molar-refractivity contribution in [2.24, 2.45) is 5.73 Å². The van der Waals surface area contributed by atoms with Gasteiger partial charge in [-0.2, -0.15) is 0 Å². The van der Waals surface area contributed by atoms with Crippen LogP contribution >= 0.6 is 0 Å². The molecule has 2 rings (SSSR count). The van der Waals surface area contributed by atoms with Crippen LogP contribution in [0.25, 0.3) is 0 Å². The Kier molecular flexibility index (Phi) is 7.21. The van der Waals surface area contributed by atoms with Crippen molar-refractivity contribution in [1.82, 2.24) is 0 Å². The van der Waals surface area contributed by atoms with Crippen molar-refractivity contribution < 1.29 is 28.9 Å². The summed E-state index contributed by atoms with van der Waals surface area (Å²) in [6.07, 6.45) is 1.23. The van der Waals surface area contributed by atoms with E-state index in [9.17, 15) is 14.7 Å². The standard InChI is InChI=1S/C18H25NO6/c1-2-3-16(21)24-14-8-9-23-17(11-14)25-18(22)15(19)10-12-4-6-13(20)7-5-12/h4-7,14-15,17,20H,2-3,8-11,19H2,1H3. The van der Waals surface area contributed by atoms with Crippen LogP contribution in [0.4, 0.5) is 0 Å². The molecule has 3 unspecified atom stereocenters. The minimum absolute atomic E-state index is 0.152. The van der Waals surface area contributed by atoms with Crippen molar-refractivity contribution in [2.75, 3.05) is 6.61 Å². The Hall–Kier alpha value is -2.12. The van der Waals surface area contributed by atoms with Gasteiger partial charge in [0.15, 0.2) is 0 Å². The van der Waals surface area contributed by atoms with Gasteiger partial charge in [0.25, 0.3) is 0 Å². The number of ether oxygens (including phenoxy) is 3. The molecule has 0 aromatic heterocycles. The van der Waals surface area contributed by atoms with Crippen molar-refractivity contribution in [2.45, 2.75) is 57.5 Å². The van der Waals surface area contributed by atoms with Crippen LogP contribution in [0.1, 0.15) is 38.2 Å². The van der Waals surface area contributed by atoms with Crippen molar-refractivity contribution in [1.29, 1.82) is 0 Å². The number of esters is 2. The second-order valence-corrected chi connectivity index (χ2v) is 6.10. The van der Waals surface area contributed by atoms with E-state index in [4.69, 9.17) is 19.9 Å². The van der Waals surface area contributed by atoms with E-state index in [2.05, 4.69) is 0 Å². The third-order valence-electron chi connectivity index (χ3n) is 3.89. The Labute approximate surface area is 147 Å². The summed E-state index contributed by atoms with van der Waals surface area (Å²) in [5.74, 6) is -0.665. The van der Waals surface area contributed by atoms with E-state index in [1.807, 2.05) is 6.92 Å². The number of nitrogens with two attached hydrogens (primary N) is 1. The largest absolute Gasteiger partial charge is 0.508 e. The smallest absolute Gasteiger partial charge is 0.325 e. The van der Waals surface area contributed by atoms with Crippen LogP contribution in [-0.4, -0.2) is 42.1 Å². The summed E-state index contributed by atoms with van der Waals surface area (Å²) in [5, 5.41) is 9.26. The van der Waals surface area contributed by atoms with Gasteiger partial charge in [-0.1, -0.05) is 19.1 Å². The van der Waals surface area contributed by atoms with Crippen LogP contribution < -0.4 is 5.73 Å². The highest BCUT2D eigenvalue weighted by Gasteiger charge is 2.29. The molecule has 1 aromatic rings. The van der Waals surface area contributed by atoms with Crippen LogP contribution in [-0.2, 0) is 30.2 Å². The zero-order valence-electron chi connectivity index (χ0n) is 14.3. The van der Waals surface area contributed by atoms with Crippen LogP contribution in [0.2, 0.25) is 0 Å². The zero-order chi connectivity index (χ0) is 18.2. The lowest BCUT2D eigenvalue weighted by Gasteiger charge is -2.29. The molecule has 1 heterocycles. The van der Waals surface area contributed by atoms with E-state index in [-0.39, 0.29) is 17.8 Å². The molecule has 1 aliphatic rings. The number of hydrogen-bond donors (Lipinski definition) is 2. The highest BCUT2D eigenvalue weighted by molar-refractivity contribution is 5.76. The molecule has 0 amide bonds. The van der Waals surface area contributed by atoms with Gasteiger partial charge in [-0.15, -0.1) is 0 Å². The van der Waals surface area contributed by atoms with Crippen molar-refractivity contribution in [3.05, 3.63) is 29.8 Å². The van der Waals surface area contributed by atoms with Gasteiger partial charge < -0.3 is 25.1 Å². The third kappa shape index (κ3) is 6.36. The fourth-order valence-corrected chi connectivity index (χ4v) is 2.56. The minimum atomic E-state index is -0.837. The van der Waals surface area contributed by atoms with E-state index >= 15 is 0 Å². The van der Waals surface area contributed by atoms with Crippen molar-refractivity contribution >= 4 is 11.9 Å². The van der Waals surface area contributed by atoms with E-state index in [0.717, 1.165) is 12.0 Å². The summed E-state index contributed by atoms with van der Waals surface area (Å²) in [6.45, 7) is 2.26. The van der Waals surface area contributed by atoms with Crippen LogP contribution in [0, 0.1) is 0 Å². The Morgan fingerprint density at radius 2 is 2.04 bits per heavy atom. The SMILES string of the molecule is CCCC(=O)OC1CCOC(OC(=O)C(N)Cc2ccc(O)cc2)C1. The molecule has 138 valence electrons. The first kappa shape index (κ1) is 19.2. The molecule has 3 atom stereocenters. The van der Waals surface area contributed by atoms with E-state index in [0.29, 0.717) is 32.3 Å².